The molecule has 62 valence electrons. The van der Waals surface area contributed by atoms with Crippen molar-refractivity contribution < 1.29 is 0 Å². The Kier molecular flexibility index (Phi) is 2.55. The lowest BCUT2D eigenvalue weighted by Crippen LogP contribution is -1.92. The monoisotopic (exact) mass is 158 g/mol. The second-order valence-electron chi connectivity index (χ2n) is 3.39. The van der Waals surface area contributed by atoms with Crippen LogP contribution in [0.4, 0.5) is 0 Å². The molecule has 0 saturated carbocycles. The van der Waals surface area contributed by atoms with Gasteiger partial charge in [0.15, 0.2) is 0 Å². The molecule has 1 aromatic rings. The molecule has 0 radical (unpaired) electrons. The van der Waals surface area contributed by atoms with Crippen molar-refractivity contribution >= 4 is 0 Å². The van der Waals surface area contributed by atoms with Crippen LogP contribution in [-0.4, -0.2) is 0 Å². The largest absolute Gasteiger partial charge is 0.115 e. The van der Waals surface area contributed by atoms with Gasteiger partial charge in [-0.2, -0.15) is 0 Å². The second kappa shape index (κ2) is 3.45. The molecule has 0 aliphatic rings. The van der Waals surface area contributed by atoms with E-state index in [2.05, 4.69) is 44.9 Å². The van der Waals surface area contributed by atoms with Gasteiger partial charge in [0.1, 0.15) is 0 Å². The van der Waals surface area contributed by atoms with E-state index in [1.165, 1.54) is 11.1 Å². The van der Waals surface area contributed by atoms with Crippen molar-refractivity contribution in [3.05, 3.63) is 34.9 Å². The molecule has 0 nitrogen and oxygen atoms in total. The van der Waals surface area contributed by atoms with Gasteiger partial charge >= 0.3 is 0 Å². The molecule has 0 aliphatic heterocycles. The van der Waals surface area contributed by atoms with Crippen LogP contribution in [-0.2, 0) is 0 Å². The summed E-state index contributed by atoms with van der Waals surface area (Å²) in [5.74, 6) is 3.23. The van der Waals surface area contributed by atoms with Crippen LogP contribution in [0.2, 0.25) is 0 Å². The molecule has 0 amide bonds. The molecule has 0 heteroatoms. The summed E-state index contributed by atoms with van der Waals surface area (Å²) >= 11 is 0. The molecule has 0 fully saturated rings. The van der Waals surface area contributed by atoms with Gasteiger partial charge in [0.05, 0.1) is 0 Å². The summed E-state index contributed by atoms with van der Waals surface area (Å²) in [5.41, 5.74) is 3.53. The Balaban J connectivity index is 3.23. The van der Waals surface area contributed by atoms with Crippen molar-refractivity contribution in [3.8, 4) is 12.3 Å². The van der Waals surface area contributed by atoms with Gasteiger partial charge in [-0.15, -0.1) is 6.42 Å². The zero-order valence-electron chi connectivity index (χ0n) is 7.89. The zero-order chi connectivity index (χ0) is 9.14. The first-order chi connectivity index (χ1) is 5.65. The van der Waals surface area contributed by atoms with E-state index < -0.39 is 0 Å². The fourth-order valence-corrected chi connectivity index (χ4v) is 1.30. The second-order valence-corrected chi connectivity index (χ2v) is 3.39. The number of rotatable bonds is 1. The first kappa shape index (κ1) is 8.87. The Morgan fingerprint density at radius 2 is 2.00 bits per heavy atom. The highest BCUT2D eigenvalue weighted by Gasteiger charge is 2.03. The van der Waals surface area contributed by atoms with Gasteiger partial charge < -0.3 is 0 Å². The molecule has 0 aliphatic carbocycles. The minimum atomic E-state index is 0.511. The summed E-state index contributed by atoms with van der Waals surface area (Å²) in [7, 11) is 0. The van der Waals surface area contributed by atoms with Gasteiger partial charge in [-0.05, 0) is 30.0 Å². The van der Waals surface area contributed by atoms with E-state index in [0.717, 1.165) is 5.56 Å². The minimum absolute atomic E-state index is 0.511. The SMILES string of the molecule is C#Cc1cc(C)ccc1C(C)C. The molecule has 0 aromatic heterocycles. The summed E-state index contributed by atoms with van der Waals surface area (Å²) < 4.78 is 0. The lowest BCUT2D eigenvalue weighted by atomic mass is 9.96. The predicted octanol–water partition coefficient (Wildman–Crippen LogP) is 3.10. The molecule has 0 spiro atoms. The molecule has 0 heterocycles. The Hall–Kier alpha value is -1.22. The normalized spacial score (nSPS) is 9.92. The van der Waals surface area contributed by atoms with Crippen LogP contribution in [0.5, 0.6) is 0 Å². The maximum atomic E-state index is 5.41. The predicted molar refractivity (Wildman–Crippen MR) is 53.2 cm³/mol. The van der Waals surface area contributed by atoms with E-state index in [1.807, 2.05) is 0 Å². The highest BCUT2D eigenvalue weighted by molar-refractivity contribution is 5.43. The molecule has 0 atom stereocenters. The van der Waals surface area contributed by atoms with Gasteiger partial charge in [0, 0.05) is 5.56 Å². The Labute approximate surface area is 74.6 Å². The van der Waals surface area contributed by atoms with E-state index in [-0.39, 0.29) is 0 Å². The molecule has 0 saturated heterocycles. The van der Waals surface area contributed by atoms with Gasteiger partial charge in [-0.25, -0.2) is 0 Å². The molecular weight excluding hydrogens is 144 g/mol. The van der Waals surface area contributed by atoms with Crippen molar-refractivity contribution in [3.63, 3.8) is 0 Å². The maximum Gasteiger partial charge on any atom is 0.0279 e. The number of aryl methyl sites for hydroxylation is 1. The van der Waals surface area contributed by atoms with Gasteiger partial charge in [-0.3, -0.25) is 0 Å². The summed E-state index contributed by atoms with van der Waals surface area (Å²) in [6.07, 6.45) is 5.41. The summed E-state index contributed by atoms with van der Waals surface area (Å²) in [6.45, 7) is 6.38. The van der Waals surface area contributed by atoms with Gasteiger partial charge in [-0.1, -0.05) is 31.9 Å². The van der Waals surface area contributed by atoms with E-state index in [4.69, 9.17) is 6.42 Å². The highest BCUT2D eigenvalue weighted by Crippen LogP contribution is 2.19. The van der Waals surface area contributed by atoms with E-state index in [9.17, 15) is 0 Å². The number of terminal acetylenes is 1. The third kappa shape index (κ3) is 1.68. The zero-order valence-corrected chi connectivity index (χ0v) is 7.89. The van der Waals surface area contributed by atoms with Crippen LogP contribution in [0.25, 0.3) is 0 Å². The third-order valence-electron chi connectivity index (χ3n) is 1.99. The van der Waals surface area contributed by atoms with E-state index in [1.54, 1.807) is 0 Å². The van der Waals surface area contributed by atoms with Crippen molar-refractivity contribution in [2.24, 2.45) is 0 Å². The molecule has 0 N–H and O–H groups in total. The maximum absolute atomic E-state index is 5.41. The van der Waals surface area contributed by atoms with Crippen LogP contribution in [0, 0.1) is 19.3 Å². The average Bonchev–Trinajstić information content (AvgIpc) is 2.03. The summed E-state index contributed by atoms with van der Waals surface area (Å²) in [4.78, 5) is 0. The average molecular weight is 158 g/mol. The molecule has 12 heavy (non-hydrogen) atoms. The summed E-state index contributed by atoms with van der Waals surface area (Å²) in [6, 6.07) is 6.29. The van der Waals surface area contributed by atoms with E-state index in [0.29, 0.717) is 5.92 Å². The minimum Gasteiger partial charge on any atom is -0.115 e. The van der Waals surface area contributed by atoms with Crippen LogP contribution < -0.4 is 0 Å². The topological polar surface area (TPSA) is 0 Å². The number of hydrogen-bond donors (Lipinski definition) is 0. The summed E-state index contributed by atoms with van der Waals surface area (Å²) in [5, 5.41) is 0. The van der Waals surface area contributed by atoms with Gasteiger partial charge in [0.2, 0.25) is 0 Å². The third-order valence-corrected chi connectivity index (χ3v) is 1.99. The standard InChI is InChI=1S/C12H14/c1-5-11-8-10(4)6-7-12(11)9(2)3/h1,6-9H,2-4H3. The highest BCUT2D eigenvalue weighted by atomic mass is 14.1. The number of benzene rings is 1. The molecule has 0 unspecified atom stereocenters. The van der Waals surface area contributed by atoms with Crippen LogP contribution in [0.15, 0.2) is 18.2 Å². The van der Waals surface area contributed by atoms with Crippen molar-refractivity contribution in [1.82, 2.24) is 0 Å². The number of hydrogen-bond acceptors (Lipinski definition) is 0. The molecule has 1 aromatic carbocycles. The Morgan fingerprint density at radius 1 is 1.33 bits per heavy atom. The van der Waals surface area contributed by atoms with Crippen molar-refractivity contribution in [1.29, 1.82) is 0 Å². The van der Waals surface area contributed by atoms with Gasteiger partial charge in [0.25, 0.3) is 0 Å². The Bertz CT molecular complexity index is 313. The molecular formula is C12H14. The van der Waals surface area contributed by atoms with Crippen LogP contribution in [0.1, 0.15) is 36.5 Å². The molecule has 1 rings (SSSR count). The first-order valence-electron chi connectivity index (χ1n) is 4.22. The van der Waals surface area contributed by atoms with E-state index >= 15 is 0 Å². The fourth-order valence-electron chi connectivity index (χ4n) is 1.30. The Morgan fingerprint density at radius 3 is 2.50 bits per heavy atom. The van der Waals surface area contributed by atoms with Crippen molar-refractivity contribution in [2.75, 3.05) is 0 Å². The van der Waals surface area contributed by atoms with Crippen LogP contribution in [0.3, 0.4) is 0 Å². The van der Waals surface area contributed by atoms with Crippen molar-refractivity contribution in [2.45, 2.75) is 26.7 Å². The lowest BCUT2D eigenvalue weighted by Gasteiger charge is -2.08. The smallest absolute Gasteiger partial charge is 0.0279 e. The lowest BCUT2D eigenvalue weighted by molar-refractivity contribution is 0.862. The molecule has 0 bridgehead atoms. The van der Waals surface area contributed by atoms with Crippen LogP contribution >= 0.6 is 0 Å². The fraction of sp³-hybridized carbons (Fsp3) is 0.333. The quantitative estimate of drug-likeness (QED) is 0.551. The first-order valence-corrected chi connectivity index (χ1v) is 4.22.